The molecule has 0 spiro atoms. The van der Waals surface area contributed by atoms with Gasteiger partial charge in [0.1, 0.15) is 0 Å². The predicted octanol–water partition coefficient (Wildman–Crippen LogP) is 1.81. The standard InChI is InChI=1S/C10H24N2/c1-6-9(10(11)12-5)8(4)7(2)3/h7-10,12H,6,11H2,1-5H3. The van der Waals surface area contributed by atoms with E-state index in [0.29, 0.717) is 17.8 Å². The van der Waals surface area contributed by atoms with Crippen LogP contribution in [-0.4, -0.2) is 13.2 Å². The zero-order valence-corrected chi connectivity index (χ0v) is 9.09. The van der Waals surface area contributed by atoms with Gasteiger partial charge in [-0.25, -0.2) is 0 Å². The van der Waals surface area contributed by atoms with E-state index in [1.54, 1.807) is 0 Å². The molecule has 0 aliphatic carbocycles. The van der Waals surface area contributed by atoms with Crippen LogP contribution >= 0.6 is 0 Å². The first kappa shape index (κ1) is 11.9. The fraction of sp³-hybridized carbons (Fsp3) is 1.00. The van der Waals surface area contributed by atoms with E-state index in [1.807, 2.05) is 7.05 Å². The molecule has 12 heavy (non-hydrogen) atoms. The van der Waals surface area contributed by atoms with E-state index in [9.17, 15) is 0 Å². The van der Waals surface area contributed by atoms with Gasteiger partial charge in [-0.15, -0.1) is 0 Å². The van der Waals surface area contributed by atoms with E-state index in [-0.39, 0.29) is 6.17 Å². The SMILES string of the molecule is CCC(C(N)NC)C(C)C(C)C. The number of nitrogens with two attached hydrogens (primary N) is 1. The van der Waals surface area contributed by atoms with Crippen molar-refractivity contribution in [2.24, 2.45) is 23.5 Å². The van der Waals surface area contributed by atoms with E-state index in [4.69, 9.17) is 5.73 Å². The van der Waals surface area contributed by atoms with Crippen molar-refractivity contribution >= 4 is 0 Å². The molecule has 0 fully saturated rings. The van der Waals surface area contributed by atoms with E-state index >= 15 is 0 Å². The van der Waals surface area contributed by atoms with Crippen LogP contribution in [0.5, 0.6) is 0 Å². The van der Waals surface area contributed by atoms with Crippen LogP contribution in [0.1, 0.15) is 34.1 Å². The lowest BCUT2D eigenvalue weighted by Crippen LogP contribution is -2.44. The Morgan fingerprint density at radius 3 is 2.00 bits per heavy atom. The molecular formula is C10H24N2. The van der Waals surface area contributed by atoms with Gasteiger partial charge in [0.2, 0.25) is 0 Å². The van der Waals surface area contributed by atoms with Crippen molar-refractivity contribution in [3.05, 3.63) is 0 Å². The van der Waals surface area contributed by atoms with Gasteiger partial charge in [-0.3, -0.25) is 0 Å². The second-order valence-electron chi connectivity index (χ2n) is 3.99. The lowest BCUT2D eigenvalue weighted by molar-refractivity contribution is 0.214. The minimum Gasteiger partial charge on any atom is -0.316 e. The normalized spacial score (nSPS) is 19.2. The van der Waals surface area contributed by atoms with Gasteiger partial charge in [-0.05, 0) is 24.8 Å². The molecule has 0 rings (SSSR count). The third-order valence-corrected chi connectivity index (χ3v) is 2.99. The van der Waals surface area contributed by atoms with Gasteiger partial charge in [0.25, 0.3) is 0 Å². The maximum Gasteiger partial charge on any atom is 0.0575 e. The Labute approximate surface area is 76.9 Å². The topological polar surface area (TPSA) is 38.0 Å². The molecule has 0 aromatic heterocycles. The summed E-state index contributed by atoms with van der Waals surface area (Å²) in [7, 11) is 1.93. The Morgan fingerprint density at radius 1 is 1.25 bits per heavy atom. The molecule has 0 aliphatic rings. The van der Waals surface area contributed by atoms with Gasteiger partial charge < -0.3 is 11.1 Å². The molecule has 3 unspecified atom stereocenters. The van der Waals surface area contributed by atoms with Gasteiger partial charge in [-0.2, -0.15) is 0 Å². The summed E-state index contributed by atoms with van der Waals surface area (Å²) in [6.45, 7) is 9.02. The van der Waals surface area contributed by atoms with E-state index in [2.05, 4.69) is 33.0 Å². The number of rotatable bonds is 5. The van der Waals surface area contributed by atoms with Crippen molar-refractivity contribution in [3.8, 4) is 0 Å². The molecule has 0 aromatic carbocycles. The summed E-state index contributed by atoms with van der Waals surface area (Å²) in [6, 6.07) is 0. The molecule has 0 bridgehead atoms. The molecule has 3 N–H and O–H groups in total. The zero-order valence-electron chi connectivity index (χ0n) is 9.09. The van der Waals surface area contributed by atoms with Crippen LogP contribution in [0.15, 0.2) is 0 Å². The van der Waals surface area contributed by atoms with E-state index < -0.39 is 0 Å². The molecule has 2 nitrogen and oxygen atoms in total. The molecule has 0 amide bonds. The van der Waals surface area contributed by atoms with Crippen LogP contribution in [0.2, 0.25) is 0 Å². The molecule has 0 radical (unpaired) electrons. The summed E-state index contributed by atoms with van der Waals surface area (Å²) in [4.78, 5) is 0. The fourth-order valence-corrected chi connectivity index (χ4v) is 1.66. The maximum atomic E-state index is 5.96. The first-order valence-electron chi connectivity index (χ1n) is 4.97. The van der Waals surface area contributed by atoms with Crippen LogP contribution in [0.4, 0.5) is 0 Å². The second-order valence-corrected chi connectivity index (χ2v) is 3.99. The molecular weight excluding hydrogens is 148 g/mol. The van der Waals surface area contributed by atoms with Crippen LogP contribution in [-0.2, 0) is 0 Å². The van der Waals surface area contributed by atoms with Crippen molar-refractivity contribution in [2.45, 2.75) is 40.3 Å². The largest absolute Gasteiger partial charge is 0.316 e. The minimum absolute atomic E-state index is 0.146. The Balaban J connectivity index is 4.13. The van der Waals surface area contributed by atoms with Crippen molar-refractivity contribution < 1.29 is 0 Å². The molecule has 0 aromatic rings. The van der Waals surface area contributed by atoms with Gasteiger partial charge in [0.05, 0.1) is 6.17 Å². The van der Waals surface area contributed by atoms with Crippen LogP contribution in [0.25, 0.3) is 0 Å². The fourth-order valence-electron chi connectivity index (χ4n) is 1.66. The highest BCUT2D eigenvalue weighted by atomic mass is 15.0. The molecule has 0 saturated carbocycles. The smallest absolute Gasteiger partial charge is 0.0575 e. The van der Waals surface area contributed by atoms with Gasteiger partial charge in [-0.1, -0.05) is 34.1 Å². The van der Waals surface area contributed by atoms with Gasteiger partial charge in [0.15, 0.2) is 0 Å². The minimum atomic E-state index is 0.146. The molecule has 3 atom stereocenters. The summed E-state index contributed by atoms with van der Waals surface area (Å²) in [6.07, 6.45) is 1.30. The average molecular weight is 172 g/mol. The summed E-state index contributed by atoms with van der Waals surface area (Å²) in [5.41, 5.74) is 5.96. The summed E-state index contributed by atoms with van der Waals surface area (Å²) >= 11 is 0. The predicted molar refractivity (Wildman–Crippen MR) is 54.8 cm³/mol. The highest BCUT2D eigenvalue weighted by molar-refractivity contribution is 4.75. The Morgan fingerprint density at radius 2 is 1.75 bits per heavy atom. The summed E-state index contributed by atoms with van der Waals surface area (Å²) < 4.78 is 0. The van der Waals surface area contributed by atoms with Crippen molar-refractivity contribution in [2.75, 3.05) is 7.05 Å². The zero-order chi connectivity index (χ0) is 9.72. The monoisotopic (exact) mass is 172 g/mol. The molecule has 0 aliphatic heterocycles. The quantitative estimate of drug-likeness (QED) is 0.621. The van der Waals surface area contributed by atoms with Crippen LogP contribution in [0, 0.1) is 17.8 Å². The van der Waals surface area contributed by atoms with Crippen LogP contribution < -0.4 is 11.1 Å². The molecule has 0 heterocycles. The first-order chi connectivity index (χ1) is 5.54. The molecule has 2 heteroatoms. The van der Waals surface area contributed by atoms with Crippen molar-refractivity contribution in [3.63, 3.8) is 0 Å². The maximum absolute atomic E-state index is 5.96. The second kappa shape index (κ2) is 5.55. The lowest BCUT2D eigenvalue weighted by atomic mass is 9.81. The third-order valence-electron chi connectivity index (χ3n) is 2.99. The van der Waals surface area contributed by atoms with Gasteiger partial charge in [0, 0.05) is 0 Å². The van der Waals surface area contributed by atoms with E-state index in [1.165, 1.54) is 0 Å². The summed E-state index contributed by atoms with van der Waals surface area (Å²) in [5.74, 6) is 2.00. The Hall–Kier alpha value is -0.0800. The molecule has 0 saturated heterocycles. The number of hydrogen-bond donors (Lipinski definition) is 2. The Bertz CT molecular complexity index is 112. The van der Waals surface area contributed by atoms with Gasteiger partial charge >= 0.3 is 0 Å². The Kier molecular flexibility index (Phi) is 5.51. The third kappa shape index (κ3) is 3.11. The average Bonchev–Trinajstić information content (AvgIpc) is 2.05. The lowest BCUT2D eigenvalue weighted by Gasteiger charge is -2.30. The van der Waals surface area contributed by atoms with Crippen LogP contribution in [0.3, 0.4) is 0 Å². The molecule has 74 valence electrons. The number of hydrogen-bond acceptors (Lipinski definition) is 2. The highest BCUT2D eigenvalue weighted by Gasteiger charge is 2.23. The summed E-state index contributed by atoms with van der Waals surface area (Å²) in [5, 5.41) is 3.13. The highest BCUT2D eigenvalue weighted by Crippen LogP contribution is 2.24. The van der Waals surface area contributed by atoms with Crippen molar-refractivity contribution in [1.82, 2.24) is 5.32 Å². The van der Waals surface area contributed by atoms with E-state index in [0.717, 1.165) is 6.42 Å². The van der Waals surface area contributed by atoms with Crippen molar-refractivity contribution in [1.29, 1.82) is 0 Å². The first-order valence-corrected chi connectivity index (χ1v) is 4.97. The number of nitrogens with one attached hydrogen (secondary N) is 1.